The summed E-state index contributed by atoms with van der Waals surface area (Å²) in [6.45, 7) is 3.39. The van der Waals surface area contributed by atoms with Gasteiger partial charge < -0.3 is 15.0 Å². The van der Waals surface area contributed by atoms with Crippen LogP contribution in [0.5, 0.6) is 5.75 Å². The van der Waals surface area contributed by atoms with Crippen LogP contribution in [0.4, 0.5) is 24.5 Å². The Hall–Kier alpha value is -2.48. The third kappa shape index (κ3) is 4.75. The van der Waals surface area contributed by atoms with E-state index in [1.807, 2.05) is 31.2 Å². The number of aryl methyl sites for hydroxylation is 1. The number of fused-ring (bicyclic) bond motifs is 1. The summed E-state index contributed by atoms with van der Waals surface area (Å²) < 4.78 is 42.5. The highest BCUT2D eigenvalue weighted by Crippen LogP contribution is 2.31. The second-order valence-electron chi connectivity index (χ2n) is 7.09. The van der Waals surface area contributed by atoms with Crippen LogP contribution in [0.25, 0.3) is 10.9 Å². The second-order valence-corrected chi connectivity index (χ2v) is 8.01. The highest BCUT2D eigenvalue weighted by molar-refractivity contribution is 9.10. The fraction of sp³-hybridized carbons (Fsp3) is 0.286. The normalized spacial score (nSPS) is 17.0. The smallest absolute Gasteiger partial charge is 0.406 e. The van der Waals surface area contributed by atoms with Crippen molar-refractivity contribution in [1.29, 1.82) is 0 Å². The number of rotatable bonds is 4. The van der Waals surface area contributed by atoms with Crippen molar-refractivity contribution >= 4 is 38.2 Å². The Morgan fingerprint density at radius 2 is 2.00 bits per heavy atom. The van der Waals surface area contributed by atoms with Gasteiger partial charge in [0, 0.05) is 52.1 Å². The lowest BCUT2D eigenvalue weighted by Gasteiger charge is -2.21. The van der Waals surface area contributed by atoms with Crippen molar-refractivity contribution in [3.63, 3.8) is 0 Å². The van der Waals surface area contributed by atoms with Crippen molar-refractivity contribution in [2.75, 3.05) is 23.3 Å². The van der Waals surface area contributed by atoms with Crippen molar-refractivity contribution in [2.45, 2.75) is 25.7 Å². The van der Waals surface area contributed by atoms with Crippen LogP contribution in [0.1, 0.15) is 12.1 Å². The Labute approximate surface area is 174 Å². The van der Waals surface area contributed by atoms with E-state index >= 15 is 0 Å². The molecule has 1 unspecified atom stereocenters. The van der Waals surface area contributed by atoms with Gasteiger partial charge in [-0.05, 0) is 49.7 Å². The number of pyridine rings is 1. The maximum atomic E-state index is 12.5. The third-order valence-electron chi connectivity index (χ3n) is 4.86. The van der Waals surface area contributed by atoms with E-state index in [0.29, 0.717) is 6.54 Å². The fourth-order valence-corrected chi connectivity index (χ4v) is 4.02. The number of anilines is 2. The number of halogens is 4. The molecule has 1 aliphatic rings. The quantitative estimate of drug-likeness (QED) is 0.520. The molecular formula is C21H19BrF3N3O. The zero-order valence-corrected chi connectivity index (χ0v) is 17.2. The first-order valence-electron chi connectivity index (χ1n) is 9.21. The first kappa shape index (κ1) is 19.8. The fourth-order valence-electron chi connectivity index (χ4n) is 3.66. The number of aromatic nitrogens is 1. The summed E-state index contributed by atoms with van der Waals surface area (Å²) in [4.78, 5) is 6.64. The molecule has 0 amide bonds. The molecule has 1 fully saturated rings. The SMILES string of the molecule is Cc1cc(NC2CCN(c3cccc(OC(F)(F)F)c3)C2)c2cc(Br)ccc2n1. The van der Waals surface area contributed by atoms with Crippen LogP contribution in [0, 0.1) is 6.92 Å². The summed E-state index contributed by atoms with van der Waals surface area (Å²) in [6.07, 6.45) is -3.82. The molecule has 2 aromatic carbocycles. The minimum absolute atomic E-state index is 0.172. The first-order chi connectivity index (χ1) is 13.8. The van der Waals surface area contributed by atoms with Crippen LogP contribution in [-0.4, -0.2) is 30.5 Å². The van der Waals surface area contributed by atoms with Crippen LogP contribution < -0.4 is 15.0 Å². The van der Waals surface area contributed by atoms with Crippen molar-refractivity contribution in [2.24, 2.45) is 0 Å². The molecule has 1 N–H and O–H groups in total. The molecule has 0 saturated carbocycles. The number of alkyl halides is 3. The zero-order valence-electron chi connectivity index (χ0n) is 15.6. The minimum Gasteiger partial charge on any atom is -0.406 e. The number of nitrogens with one attached hydrogen (secondary N) is 1. The van der Waals surface area contributed by atoms with E-state index in [2.05, 4.69) is 35.9 Å². The van der Waals surface area contributed by atoms with Crippen molar-refractivity contribution in [3.05, 3.63) is 58.7 Å². The maximum Gasteiger partial charge on any atom is 0.573 e. The van der Waals surface area contributed by atoms with E-state index < -0.39 is 6.36 Å². The summed E-state index contributed by atoms with van der Waals surface area (Å²) in [6, 6.07) is 14.3. The molecule has 1 aromatic heterocycles. The van der Waals surface area contributed by atoms with E-state index in [4.69, 9.17) is 0 Å². The summed E-state index contributed by atoms with van der Waals surface area (Å²) in [7, 11) is 0. The third-order valence-corrected chi connectivity index (χ3v) is 5.36. The molecule has 0 radical (unpaired) electrons. The van der Waals surface area contributed by atoms with Crippen molar-refractivity contribution in [1.82, 2.24) is 4.98 Å². The van der Waals surface area contributed by atoms with E-state index in [-0.39, 0.29) is 11.8 Å². The van der Waals surface area contributed by atoms with Gasteiger partial charge in [0.1, 0.15) is 5.75 Å². The molecule has 29 heavy (non-hydrogen) atoms. The van der Waals surface area contributed by atoms with E-state index in [0.717, 1.165) is 45.4 Å². The molecule has 4 rings (SSSR count). The molecule has 0 aliphatic carbocycles. The Morgan fingerprint density at radius 1 is 1.17 bits per heavy atom. The van der Waals surface area contributed by atoms with Crippen molar-refractivity contribution in [3.8, 4) is 5.75 Å². The van der Waals surface area contributed by atoms with Gasteiger partial charge in [0.2, 0.25) is 0 Å². The zero-order chi connectivity index (χ0) is 20.6. The topological polar surface area (TPSA) is 37.4 Å². The van der Waals surface area contributed by atoms with Crippen LogP contribution in [-0.2, 0) is 0 Å². The molecule has 4 nitrogen and oxygen atoms in total. The van der Waals surface area contributed by atoms with Gasteiger partial charge in [-0.15, -0.1) is 13.2 Å². The largest absolute Gasteiger partial charge is 0.573 e. The predicted octanol–water partition coefficient (Wildman–Crippen LogP) is 5.90. The van der Waals surface area contributed by atoms with Crippen LogP contribution in [0.3, 0.4) is 0 Å². The highest BCUT2D eigenvalue weighted by atomic mass is 79.9. The lowest BCUT2D eigenvalue weighted by Crippen LogP contribution is -2.26. The van der Waals surface area contributed by atoms with Gasteiger partial charge in [-0.2, -0.15) is 0 Å². The molecule has 152 valence electrons. The van der Waals surface area contributed by atoms with Crippen LogP contribution >= 0.6 is 15.9 Å². The summed E-state index contributed by atoms with van der Waals surface area (Å²) in [5.74, 6) is -0.202. The Balaban J connectivity index is 1.51. The molecule has 0 spiro atoms. The summed E-state index contributed by atoms with van der Waals surface area (Å²) in [5.41, 5.74) is 3.57. The number of ether oxygens (including phenoxy) is 1. The van der Waals surface area contributed by atoms with Gasteiger partial charge in [0.15, 0.2) is 0 Å². The number of benzene rings is 2. The molecule has 3 aromatic rings. The van der Waals surface area contributed by atoms with Crippen LogP contribution in [0.2, 0.25) is 0 Å². The average molecular weight is 466 g/mol. The van der Waals surface area contributed by atoms with Gasteiger partial charge in [-0.25, -0.2) is 0 Å². The van der Waals surface area contributed by atoms with Crippen molar-refractivity contribution < 1.29 is 17.9 Å². The summed E-state index contributed by atoms with van der Waals surface area (Å²) in [5, 5.41) is 4.62. The molecule has 1 atom stereocenters. The molecule has 2 heterocycles. The minimum atomic E-state index is -4.69. The second kappa shape index (κ2) is 7.74. The lowest BCUT2D eigenvalue weighted by atomic mass is 10.1. The Kier molecular flexibility index (Phi) is 5.29. The number of hydrogen-bond acceptors (Lipinski definition) is 4. The maximum absolute atomic E-state index is 12.5. The predicted molar refractivity (Wildman–Crippen MR) is 112 cm³/mol. The number of nitrogens with zero attached hydrogens (tertiary/aromatic N) is 2. The van der Waals surface area contributed by atoms with E-state index in [9.17, 15) is 13.2 Å². The number of hydrogen-bond donors (Lipinski definition) is 1. The van der Waals surface area contributed by atoms with Gasteiger partial charge >= 0.3 is 6.36 Å². The highest BCUT2D eigenvalue weighted by Gasteiger charge is 2.31. The lowest BCUT2D eigenvalue weighted by molar-refractivity contribution is -0.274. The molecule has 1 saturated heterocycles. The van der Waals surface area contributed by atoms with Gasteiger partial charge in [0.25, 0.3) is 0 Å². The monoisotopic (exact) mass is 465 g/mol. The van der Waals surface area contributed by atoms with Crippen LogP contribution in [0.15, 0.2) is 53.0 Å². The van der Waals surface area contributed by atoms with E-state index in [1.54, 1.807) is 12.1 Å². The molecule has 8 heteroatoms. The Morgan fingerprint density at radius 3 is 2.79 bits per heavy atom. The van der Waals surface area contributed by atoms with Gasteiger partial charge in [-0.3, -0.25) is 4.98 Å². The first-order valence-corrected chi connectivity index (χ1v) is 10.0. The Bertz CT molecular complexity index is 1040. The standard InChI is InChI=1S/C21H19BrF3N3O/c1-13-9-20(18-10-14(22)5-6-19(18)26-13)27-15-7-8-28(12-15)16-3-2-4-17(11-16)29-21(23,24)25/h2-6,9-11,15H,7-8,12H2,1H3,(H,26,27). The average Bonchev–Trinajstić information content (AvgIpc) is 3.10. The summed E-state index contributed by atoms with van der Waals surface area (Å²) >= 11 is 3.51. The van der Waals surface area contributed by atoms with Gasteiger partial charge in [0.05, 0.1) is 5.52 Å². The van der Waals surface area contributed by atoms with E-state index in [1.165, 1.54) is 12.1 Å². The molecular weight excluding hydrogens is 447 g/mol. The molecule has 0 bridgehead atoms. The van der Waals surface area contributed by atoms with Gasteiger partial charge in [-0.1, -0.05) is 22.0 Å². The molecule has 1 aliphatic heterocycles.